The van der Waals surface area contributed by atoms with Gasteiger partial charge in [0.05, 0.1) is 31.9 Å². The van der Waals surface area contributed by atoms with Crippen molar-refractivity contribution in [2.24, 2.45) is 0 Å². The molecule has 1 N–H and O–H groups in total. The number of aromatic nitrogens is 1. The largest absolute Gasteiger partial charge is 0.483 e. The molecule has 5 rings (SSSR count). The van der Waals surface area contributed by atoms with Gasteiger partial charge in [0.2, 0.25) is 0 Å². The molecule has 0 radical (unpaired) electrons. The standard InChI is InChI=1S/C25H24FNO7/c1-2-31-25(30)20-21(34-19-13-33-22-18(28)12-32-23(19)22)16-5-3-4-6-17(16)27(24(20)29)11-14-7-9-15(26)10-8-14/h3-10,18-19,22-23,28H,2,11-13H2,1H3/t18-,19-,22+,23+/m0/s1. The van der Waals surface area contributed by atoms with Gasteiger partial charge in [-0.2, -0.15) is 0 Å². The first-order valence-electron chi connectivity index (χ1n) is 11.1. The minimum absolute atomic E-state index is 0.0784. The van der Waals surface area contributed by atoms with Crippen LogP contribution in [0.2, 0.25) is 0 Å². The number of aliphatic hydroxyl groups is 1. The Morgan fingerprint density at radius 2 is 1.85 bits per heavy atom. The molecule has 2 aliphatic rings. The maximum absolute atomic E-state index is 13.7. The fourth-order valence-corrected chi connectivity index (χ4v) is 4.51. The van der Waals surface area contributed by atoms with Gasteiger partial charge in [0.15, 0.2) is 11.7 Å². The third kappa shape index (κ3) is 3.96. The van der Waals surface area contributed by atoms with Gasteiger partial charge in [0.25, 0.3) is 5.56 Å². The highest BCUT2D eigenvalue weighted by Gasteiger charge is 2.49. The molecule has 3 aromatic rings. The lowest BCUT2D eigenvalue weighted by molar-refractivity contribution is 0.00847. The number of ether oxygens (including phenoxy) is 4. The van der Waals surface area contributed by atoms with E-state index in [2.05, 4.69) is 0 Å². The number of halogens is 1. The molecular formula is C25H24FNO7. The van der Waals surface area contributed by atoms with Crippen molar-refractivity contribution in [2.45, 2.75) is 37.9 Å². The number of nitrogens with zero attached hydrogens (tertiary/aromatic N) is 1. The predicted octanol–water partition coefficient (Wildman–Crippen LogP) is 2.27. The Kier molecular flexibility index (Phi) is 6.07. The molecule has 1 aromatic heterocycles. The molecule has 2 aliphatic heterocycles. The van der Waals surface area contributed by atoms with E-state index in [0.717, 1.165) is 0 Å². The van der Waals surface area contributed by atoms with Crippen molar-refractivity contribution in [3.8, 4) is 5.75 Å². The molecule has 0 unspecified atom stereocenters. The summed E-state index contributed by atoms with van der Waals surface area (Å²) >= 11 is 0. The zero-order valence-corrected chi connectivity index (χ0v) is 18.5. The number of hydrogen-bond acceptors (Lipinski definition) is 7. The highest BCUT2D eigenvalue weighted by atomic mass is 19.1. The molecule has 8 nitrogen and oxygen atoms in total. The fraction of sp³-hybridized carbons (Fsp3) is 0.360. The molecule has 2 fully saturated rings. The van der Waals surface area contributed by atoms with E-state index in [1.165, 1.54) is 16.7 Å². The van der Waals surface area contributed by atoms with Crippen LogP contribution in [0.4, 0.5) is 4.39 Å². The van der Waals surface area contributed by atoms with Crippen LogP contribution >= 0.6 is 0 Å². The van der Waals surface area contributed by atoms with E-state index in [0.29, 0.717) is 16.5 Å². The summed E-state index contributed by atoms with van der Waals surface area (Å²) in [5.41, 5.74) is 0.421. The van der Waals surface area contributed by atoms with Crippen molar-refractivity contribution in [3.05, 3.63) is 75.8 Å². The first kappa shape index (κ1) is 22.5. The summed E-state index contributed by atoms with van der Waals surface area (Å²) in [5.74, 6) is -1.09. The van der Waals surface area contributed by atoms with Crippen molar-refractivity contribution >= 4 is 16.9 Å². The Morgan fingerprint density at radius 3 is 2.62 bits per heavy atom. The number of rotatable bonds is 6. The second kappa shape index (κ2) is 9.17. The number of benzene rings is 2. The molecule has 0 amide bonds. The minimum atomic E-state index is -0.802. The third-order valence-corrected chi connectivity index (χ3v) is 6.11. The zero-order chi connectivity index (χ0) is 23.8. The molecule has 0 spiro atoms. The number of para-hydroxylation sites is 1. The summed E-state index contributed by atoms with van der Waals surface area (Å²) in [6, 6.07) is 12.9. The number of carbonyl (C=O) groups excluding carboxylic acids is 1. The summed E-state index contributed by atoms with van der Waals surface area (Å²) in [5, 5.41) is 10.6. The van der Waals surface area contributed by atoms with Crippen LogP contribution in [-0.2, 0) is 20.8 Å². The molecule has 0 bridgehead atoms. The van der Waals surface area contributed by atoms with Crippen molar-refractivity contribution in [1.82, 2.24) is 4.57 Å². The molecule has 0 aliphatic carbocycles. The first-order valence-corrected chi connectivity index (χ1v) is 11.1. The van der Waals surface area contributed by atoms with Crippen molar-refractivity contribution in [3.63, 3.8) is 0 Å². The monoisotopic (exact) mass is 469 g/mol. The second-order valence-corrected chi connectivity index (χ2v) is 8.28. The average Bonchev–Trinajstić information content (AvgIpc) is 3.41. The maximum Gasteiger partial charge on any atom is 0.347 e. The van der Waals surface area contributed by atoms with Gasteiger partial charge >= 0.3 is 5.97 Å². The lowest BCUT2D eigenvalue weighted by Gasteiger charge is -2.22. The maximum atomic E-state index is 13.7. The molecule has 178 valence electrons. The van der Waals surface area contributed by atoms with Gasteiger partial charge in [-0.1, -0.05) is 24.3 Å². The average molecular weight is 469 g/mol. The van der Waals surface area contributed by atoms with Crippen molar-refractivity contribution < 1.29 is 33.2 Å². The van der Waals surface area contributed by atoms with Crippen LogP contribution in [-0.4, -0.2) is 59.9 Å². The van der Waals surface area contributed by atoms with Crippen LogP contribution in [0.3, 0.4) is 0 Å². The van der Waals surface area contributed by atoms with Crippen LogP contribution in [0.25, 0.3) is 10.9 Å². The predicted molar refractivity (Wildman–Crippen MR) is 120 cm³/mol. The van der Waals surface area contributed by atoms with Crippen LogP contribution < -0.4 is 10.3 Å². The van der Waals surface area contributed by atoms with E-state index < -0.39 is 35.9 Å². The number of carbonyl (C=O) groups is 1. The van der Waals surface area contributed by atoms with Gasteiger partial charge in [-0.25, -0.2) is 9.18 Å². The summed E-state index contributed by atoms with van der Waals surface area (Å²) in [4.78, 5) is 26.6. The number of hydrogen-bond donors (Lipinski definition) is 1. The molecule has 2 aromatic carbocycles. The molecule has 3 heterocycles. The molecule has 34 heavy (non-hydrogen) atoms. The summed E-state index contributed by atoms with van der Waals surface area (Å²) in [7, 11) is 0. The highest BCUT2D eigenvalue weighted by molar-refractivity contribution is 6.00. The van der Waals surface area contributed by atoms with Gasteiger partial charge in [0, 0.05) is 5.39 Å². The van der Waals surface area contributed by atoms with Crippen LogP contribution in [0.5, 0.6) is 5.75 Å². The van der Waals surface area contributed by atoms with Gasteiger partial charge in [-0.15, -0.1) is 0 Å². The lowest BCUT2D eigenvalue weighted by Crippen LogP contribution is -2.36. The lowest BCUT2D eigenvalue weighted by atomic mass is 10.1. The first-order chi connectivity index (χ1) is 16.5. The van der Waals surface area contributed by atoms with E-state index in [-0.39, 0.29) is 43.5 Å². The van der Waals surface area contributed by atoms with Gasteiger partial charge in [-0.05, 0) is 36.8 Å². The Morgan fingerprint density at radius 1 is 1.12 bits per heavy atom. The van der Waals surface area contributed by atoms with Gasteiger partial charge in [-0.3, -0.25) is 4.79 Å². The third-order valence-electron chi connectivity index (χ3n) is 6.11. The topological polar surface area (TPSA) is 96.2 Å². The Hall–Kier alpha value is -3.27. The van der Waals surface area contributed by atoms with Crippen molar-refractivity contribution in [1.29, 1.82) is 0 Å². The highest BCUT2D eigenvalue weighted by Crippen LogP contribution is 2.34. The molecular weight excluding hydrogens is 445 g/mol. The molecule has 2 saturated heterocycles. The van der Waals surface area contributed by atoms with E-state index in [1.807, 2.05) is 0 Å². The van der Waals surface area contributed by atoms with E-state index >= 15 is 0 Å². The number of pyridine rings is 1. The van der Waals surface area contributed by atoms with Crippen molar-refractivity contribution in [2.75, 3.05) is 19.8 Å². The van der Waals surface area contributed by atoms with Gasteiger partial charge in [0.1, 0.15) is 29.9 Å². The summed E-state index contributed by atoms with van der Waals surface area (Å²) in [6.45, 7) is 2.12. The summed E-state index contributed by atoms with van der Waals surface area (Å²) in [6.07, 6.45) is -2.43. The number of fused-ring (bicyclic) bond motifs is 2. The Labute approximate surface area is 194 Å². The zero-order valence-electron chi connectivity index (χ0n) is 18.5. The SMILES string of the molecule is CCOC(=O)c1c(O[C@H]2CO[C@H]3[C@@H]2OC[C@@H]3O)c2ccccc2n(Cc2ccc(F)cc2)c1=O. The molecule has 4 atom stereocenters. The van der Waals surface area contributed by atoms with E-state index in [9.17, 15) is 19.1 Å². The fourth-order valence-electron chi connectivity index (χ4n) is 4.51. The Balaban J connectivity index is 1.64. The number of esters is 1. The van der Waals surface area contributed by atoms with Crippen LogP contribution in [0, 0.1) is 5.82 Å². The number of aliphatic hydroxyl groups excluding tert-OH is 1. The van der Waals surface area contributed by atoms with E-state index in [1.54, 1.807) is 43.3 Å². The smallest absolute Gasteiger partial charge is 0.347 e. The molecule has 9 heteroatoms. The summed E-state index contributed by atoms with van der Waals surface area (Å²) < 4.78 is 37.6. The quantitative estimate of drug-likeness (QED) is 0.554. The van der Waals surface area contributed by atoms with E-state index in [4.69, 9.17) is 18.9 Å². The normalized spacial score (nSPS) is 23.7. The Bertz CT molecular complexity index is 1270. The molecule has 0 saturated carbocycles. The van der Waals surface area contributed by atoms with Gasteiger partial charge < -0.3 is 28.6 Å². The van der Waals surface area contributed by atoms with Crippen LogP contribution in [0.15, 0.2) is 53.3 Å². The van der Waals surface area contributed by atoms with Crippen LogP contribution in [0.1, 0.15) is 22.8 Å². The second-order valence-electron chi connectivity index (χ2n) is 8.28. The minimum Gasteiger partial charge on any atom is -0.483 e.